The van der Waals surface area contributed by atoms with Crippen molar-refractivity contribution in [3.8, 4) is 22.8 Å². The Labute approximate surface area is 115 Å². The van der Waals surface area contributed by atoms with E-state index in [0.717, 1.165) is 34.3 Å². The van der Waals surface area contributed by atoms with Gasteiger partial charge in [-0.1, -0.05) is 41.9 Å². The first-order chi connectivity index (χ1) is 9.31. The molecule has 4 rings (SSSR count). The zero-order chi connectivity index (χ0) is 12.8. The van der Waals surface area contributed by atoms with Gasteiger partial charge in [0.1, 0.15) is 0 Å². The molecule has 0 saturated heterocycles. The molecule has 0 amide bonds. The van der Waals surface area contributed by atoms with Crippen molar-refractivity contribution < 1.29 is 0 Å². The van der Waals surface area contributed by atoms with Crippen molar-refractivity contribution in [3.63, 3.8) is 0 Å². The van der Waals surface area contributed by atoms with Crippen LogP contribution in [0.3, 0.4) is 0 Å². The van der Waals surface area contributed by atoms with Crippen LogP contribution in [0, 0.1) is 0 Å². The summed E-state index contributed by atoms with van der Waals surface area (Å²) in [6.07, 6.45) is 0. The van der Waals surface area contributed by atoms with Crippen LogP contribution in [0.5, 0.6) is 0 Å². The van der Waals surface area contributed by atoms with Crippen LogP contribution < -0.4 is 0 Å². The molecule has 4 heteroatoms. The molecular formula is C15H10ClN3. The number of hydrogen-bond donors (Lipinski definition) is 0. The molecule has 0 unspecified atom stereocenters. The van der Waals surface area contributed by atoms with Crippen molar-refractivity contribution in [3.05, 3.63) is 59.1 Å². The quantitative estimate of drug-likeness (QED) is 0.527. The van der Waals surface area contributed by atoms with Crippen LogP contribution in [0.2, 0.25) is 5.02 Å². The van der Waals surface area contributed by atoms with E-state index in [1.165, 1.54) is 5.56 Å². The van der Waals surface area contributed by atoms with Gasteiger partial charge in [0.15, 0.2) is 11.6 Å². The summed E-state index contributed by atoms with van der Waals surface area (Å²) in [5.74, 6) is 1.70. The highest BCUT2D eigenvalue weighted by atomic mass is 35.5. The third-order valence-corrected chi connectivity index (χ3v) is 3.57. The number of fused-ring (bicyclic) bond motifs is 3. The maximum atomic E-state index is 6.01. The number of nitrogens with zero attached hydrogens (tertiary/aromatic N) is 3. The molecule has 2 heterocycles. The number of halogens is 1. The summed E-state index contributed by atoms with van der Waals surface area (Å²) in [6, 6.07) is 15.9. The third kappa shape index (κ3) is 1.66. The Morgan fingerprint density at radius 3 is 2.74 bits per heavy atom. The molecule has 1 aromatic heterocycles. The van der Waals surface area contributed by atoms with Gasteiger partial charge in [0.25, 0.3) is 0 Å². The van der Waals surface area contributed by atoms with Crippen LogP contribution in [0.15, 0.2) is 48.5 Å². The van der Waals surface area contributed by atoms with E-state index in [9.17, 15) is 0 Å². The molecule has 0 spiro atoms. The fourth-order valence-corrected chi connectivity index (χ4v) is 2.63. The molecule has 3 aromatic rings. The molecule has 0 aliphatic carbocycles. The van der Waals surface area contributed by atoms with Crippen LogP contribution in [0.25, 0.3) is 22.8 Å². The fraction of sp³-hybridized carbons (Fsp3) is 0.0667. The first-order valence-corrected chi connectivity index (χ1v) is 6.48. The lowest BCUT2D eigenvalue weighted by molar-refractivity contribution is 0.722. The molecule has 0 N–H and O–H groups in total. The van der Waals surface area contributed by atoms with Crippen molar-refractivity contribution in [2.24, 2.45) is 0 Å². The molecule has 0 saturated carbocycles. The minimum absolute atomic E-state index is 0.741. The summed E-state index contributed by atoms with van der Waals surface area (Å²) < 4.78 is 1.93. The van der Waals surface area contributed by atoms with Crippen LogP contribution >= 0.6 is 11.6 Å². The average Bonchev–Trinajstić information content (AvgIpc) is 2.96. The molecule has 0 bridgehead atoms. The van der Waals surface area contributed by atoms with Gasteiger partial charge in [-0.05, 0) is 23.8 Å². The Kier molecular flexibility index (Phi) is 2.23. The van der Waals surface area contributed by atoms with Gasteiger partial charge in [-0.2, -0.15) is 5.10 Å². The Morgan fingerprint density at radius 1 is 1.05 bits per heavy atom. The monoisotopic (exact) mass is 267 g/mol. The largest absolute Gasteiger partial charge is 0.241 e. The minimum atomic E-state index is 0.741. The minimum Gasteiger partial charge on any atom is -0.241 e. The second kappa shape index (κ2) is 3.93. The zero-order valence-corrected chi connectivity index (χ0v) is 10.8. The molecule has 1 aliphatic rings. The van der Waals surface area contributed by atoms with E-state index < -0.39 is 0 Å². The molecule has 2 aromatic carbocycles. The fourth-order valence-electron chi connectivity index (χ4n) is 2.43. The van der Waals surface area contributed by atoms with Gasteiger partial charge in [0.2, 0.25) is 0 Å². The van der Waals surface area contributed by atoms with Crippen LogP contribution in [0.4, 0.5) is 0 Å². The lowest BCUT2D eigenvalue weighted by Gasteiger charge is -1.98. The lowest BCUT2D eigenvalue weighted by atomic mass is 10.1. The van der Waals surface area contributed by atoms with E-state index in [4.69, 9.17) is 11.6 Å². The molecule has 0 atom stereocenters. The molecule has 19 heavy (non-hydrogen) atoms. The second-order valence-electron chi connectivity index (χ2n) is 4.58. The van der Waals surface area contributed by atoms with Crippen LogP contribution in [-0.2, 0) is 6.54 Å². The predicted molar refractivity (Wildman–Crippen MR) is 75.0 cm³/mol. The molecular weight excluding hydrogens is 258 g/mol. The molecule has 0 fully saturated rings. The van der Waals surface area contributed by atoms with Gasteiger partial charge in [-0.25, -0.2) is 9.67 Å². The number of hydrogen-bond acceptors (Lipinski definition) is 2. The summed E-state index contributed by atoms with van der Waals surface area (Å²) in [5, 5.41) is 5.33. The van der Waals surface area contributed by atoms with E-state index in [-0.39, 0.29) is 0 Å². The summed E-state index contributed by atoms with van der Waals surface area (Å²) in [5.41, 5.74) is 3.35. The number of benzene rings is 2. The molecule has 1 aliphatic heterocycles. The van der Waals surface area contributed by atoms with Gasteiger partial charge < -0.3 is 0 Å². The second-order valence-corrected chi connectivity index (χ2v) is 5.02. The van der Waals surface area contributed by atoms with Crippen molar-refractivity contribution >= 4 is 11.6 Å². The van der Waals surface area contributed by atoms with Gasteiger partial charge in [0, 0.05) is 16.1 Å². The van der Waals surface area contributed by atoms with Crippen LogP contribution in [-0.4, -0.2) is 14.8 Å². The SMILES string of the molecule is Clc1ccc2c(c1)Cn1nc(-c3ccccc3)nc1-2. The topological polar surface area (TPSA) is 30.7 Å². The predicted octanol–water partition coefficient (Wildman–Crippen LogP) is 3.63. The standard InChI is InChI=1S/C15H10ClN3/c16-12-6-7-13-11(8-12)9-19-15(13)17-14(18-19)10-4-2-1-3-5-10/h1-8H,9H2. The Bertz CT molecular complexity index is 762. The summed E-state index contributed by atoms with van der Waals surface area (Å²) in [6.45, 7) is 0.741. The molecule has 0 radical (unpaired) electrons. The maximum Gasteiger partial charge on any atom is 0.181 e. The smallest absolute Gasteiger partial charge is 0.181 e. The van der Waals surface area contributed by atoms with Crippen molar-refractivity contribution in [1.82, 2.24) is 14.8 Å². The Balaban J connectivity index is 1.84. The van der Waals surface area contributed by atoms with Gasteiger partial charge in [0.05, 0.1) is 6.54 Å². The number of aromatic nitrogens is 3. The third-order valence-electron chi connectivity index (χ3n) is 3.33. The van der Waals surface area contributed by atoms with Crippen molar-refractivity contribution in [2.45, 2.75) is 6.54 Å². The normalized spacial score (nSPS) is 12.3. The average molecular weight is 268 g/mol. The molecule has 3 nitrogen and oxygen atoms in total. The number of rotatable bonds is 1. The Morgan fingerprint density at radius 2 is 1.89 bits per heavy atom. The van der Waals surface area contributed by atoms with Crippen LogP contribution in [0.1, 0.15) is 5.56 Å². The van der Waals surface area contributed by atoms with Gasteiger partial charge >= 0.3 is 0 Å². The lowest BCUT2D eigenvalue weighted by Crippen LogP contribution is -1.95. The van der Waals surface area contributed by atoms with Crippen molar-refractivity contribution in [2.75, 3.05) is 0 Å². The highest BCUT2D eigenvalue weighted by molar-refractivity contribution is 6.30. The maximum absolute atomic E-state index is 6.01. The summed E-state index contributed by atoms with van der Waals surface area (Å²) in [4.78, 5) is 4.64. The zero-order valence-electron chi connectivity index (χ0n) is 10.0. The highest BCUT2D eigenvalue weighted by Gasteiger charge is 2.22. The Hall–Kier alpha value is -2.13. The van der Waals surface area contributed by atoms with E-state index in [2.05, 4.69) is 10.1 Å². The highest BCUT2D eigenvalue weighted by Crippen LogP contribution is 2.33. The van der Waals surface area contributed by atoms with Gasteiger partial charge in [-0.3, -0.25) is 0 Å². The van der Waals surface area contributed by atoms with E-state index >= 15 is 0 Å². The summed E-state index contributed by atoms with van der Waals surface area (Å²) >= 11 is 6.01. The van der Waals surface area contributed by atoms with E-state index in [1.54, 1.807) is 0 Å². The summed E-state index contributed by atoms with van der Waals surface area (Å²) in [7, 11) is 0. The first-order valence-electron chi connectivity index (χ1n) is 6.10. The van der Waals surface area contributed by atoms with Gasteiger partial charge in [-0.15, -0.1) is 0 Å². The van der Waals surface area contributed by atoms with E-state index in [1.807, 2.05) is 53.2 Å². The first kappa shape index (κ1) is 10.8. The van der Waals surface area contributed by atoms with E-state index in [0.29, 0.717) is 0 Å². The molecule has 92 valence electrons. The van der Waals surface area contributed by atoms with Crippen molar-refractivity contribution in [1.29, 1.82) is 0 Å².